The molecular formula is C33H35N5O. The molecule has 1 aromatic heterocycles. The zero-order valence-electron chi connectivity index (χ0n) is 22.2. The van der Waals surface area contributed by atoms with Gasteiger partial charge in [0.1, 0.15) is 0 Å². The zero-order valence-corrected chi connectivity index (χ0v) is 22.2. The monoisotopic (exact) mass is 517 g/mol. The fourth-order valence-electron chi connectivity index (χ4n) is 5.50. The molecule has 2 heterocycles. The molecule has 0 aliphatic carbocycles. The van der Waals surface area contributed by atoms with Gasteiger partial charge in [-0.15, -0.1) is 0 Å². The average Bonchev–Trinajstić information content (AvgIpc) is 3.44. The molecule has 5 rings (SSSR count). The first kappa shape index (κ1) is 26.4. The third-order valence-electron chi connectivity index (χ3n) is 7.62. The molecular weight excluding hydrogens is 482 g/mol. The van der Waals surface area contributed by atoms with E-state index in [1.54, 1.807) is 0 Å². The Labute approximate surface area is 231 Å². The normalized spacial score (nSPS) is 15.6. The standard InChI is InChI=1S/C33H35N5O/c1-34-30-16-14-26(15-17-30)22-38-25-35-21-31(38)18-19-36-33(39)29-13-8-20-37(23-29)24-32(27-9-4-2-5-10-27)28-11-6-3-7-12-28/h2-7,9-12,14-17,21,25,29,32H,8,13,18-20,22-24H2,(H,36,39). The number of rotatable bonds is 10. The highest BCUT2D eigenvalue weighted by atomic mass is 16.1. The lowest BCUT2D eigenvalue weighted by Gasteiger charge is -2.34. The maximum absolute atomic E-state index is 13.1. The topological polar surface area (TPSA) is 54.5 Å². The van der Waals surface area contributed by atoms with Crippen molar-refractivity contribution < 1.29 is 4.79 Å². The Balaban J connectivity index is 1.15. The lowest BCUT2D eigenvalue weighted by atomic mass is 9.89. The van der Waals surface area contributed by atoms with Crippen molar-refractivity contribution in [2.75, 3.05) is 26.2 Å². The molecule has 1 N–H and O–H groups in total. The summed E-state index contributed by atoms with van der Waals surface area (Å²) in [5.41, 5.74) is 5.48. The summed E-state index contributed by atoms with van der Waals surface area (Å²) >= 11 is 0. The van der Waals surface area contributed by atoms with E-state index in [2.05, 4.69) is 85.3 Å². The molecule has 39 heavy (non-hydrogen) atoms. The summed E-state index contributed by atoms with van der Waals surface area (Å²) in [7, 11) is 0. The number of aromatic nitrogens is 2. The van der Waals surface area contributed by atoms with E-state index in [4.69, 9.17) is 6.57 Å². The first-order chi connectivity index (χ1) is 19.2. The minimum absolute atomic E-state index is 0.0109. The second-order valence-corrected chi connectivity index (χ2v) is 10.3. The second-order valence-electron chi connectivity index (χ2n) is 10.3. The molecule has 1 amide bonds. The molecule has 0 saturated carbocycles. The predicted octanol–water partition coefficient (Wildman–Crippen LogP) is 5.68. The summed E-state index contributed by atoms with van der Waals surface area (Å²) in [4.78, 5) is 23.4. The van der Waals surface area contributed by atoms with Crippen molar-refractivity contribution in [2.45, 2.75) is 31.7 Å². The van der Waals surface area contributed by atoms with E-state index >= 15 is 0 Å². The smallest absolute Gasteiger partial charge is 0.224 e. The Morgan fingerprint density at radius 1 is 1.00 bits per heavy atom. The number of carbonyl (C=O) groups is 1. The van der Waals surface area contributed by atoms with Crippen LogP contribution in [-0.4, -0.2) is 46.5 Å². The molecule has 1 atom stereocenters. The van der Waals surface area contributed by atoms with Gasteiger partial charge in [0.05, 0.1) is 18.8 Å². The van der Waals surface area contributed by atoms with Crippen molar-refractivity contribution in [3.8, 4) is 0 Å². The molecule has 1 aliphatic heterocycles. The van der Waals surface area contributed by atoms with Crippen LogP contribution < -0.4 is 5.32 Å². The van der Waals surface area contributed by atoms with Gasteiger partial charge in [0.15, 0.2) is 5.69 Å². The molecule has 1 aliphatic rings. The average molecular weight is 518 g/mol. The van der Waals surface area contributed by atoms with Gasteiger partial charge in [-0.3, -0.25) is 4.79 Å². The number of likely N-dealkylation sites (tertiary alicyclic amines) is 1. The molecule has 1 fully saturated rings. The third kappa shape index (κ3) is 7.01. The van der Waals surface area contributed by atoms with Crippen LogP contribution in [0.4, 0.5) is 5.69 Å². The lowest BCUT2D eigenvalue weighted by Crippen LogP contribution is -2.44. The summed E-state index contributed by atoms with van der Waals surface area (Å²) < 4.78 is 2.11. The summed E-state index contributed by atoms with van der Waals surface area (Å²) in [6.45, 7) is 11.1. The number of hydrogen-bond acceptors (Lipinski definition) is 3. The SMILES string of the molecule is [C-]#[N+]c1ccc(Cn2cncc2CCNC(=O)C2CCCN(CC(c3ccccc3)c3ccccc3)C2)cc1. The number of nitrogens with one attached hydrogen (secondary N) is 1. The van der Waals surface area contributed by atoms with Crippen LogP contribution in [0.25, 0.3) is 4.85 Å². The van der Waals surface area contributed by atoms with E-state index in [1.165, 1.54) is 11.1 Å². The molecule has 0 bridgehead atoms. The van der Waals surface area contributed by atoms with Gasteiger partial charge in [0.25, 0.3) is 0 Å². The van der Waals surface area contributed by atoms with Gasteiger partial charge in [0.2, 0.25) is 5.91 Å². The Bertz CT molecular complexity index is 1340. The first-order valence-electron chi connectivity index (χ1n) is 13.7. The number of benzene rings is 3. The van der Waals surface area contributed by atoms with Gasteiger partial charge in [-0.2, -0.15) is 0 Å². The van der Waals surface area contributed by atoms with Crippen molar-refractivity contribution in [1.29, 1.82) is 0 Å². The number of hydrogen-bond donors (Lipinski definition) is 1. The second kappa shape index (κ2) is 13.0. The van der Waals surface area contributed by atoms with E-state index < -0.39 is 0 Å². The van der Waals surface area contributed by atoms with Crippen LogP contribution in [0.5, 0.6) is 0 Å². The number of piperidine rings is 1. The lowest BCUT2D eigenvalue weighted by molar-refractivity contribution is -0.126. The highest BCUT2D eigenvalue weighted by Crippen LogP contribution is 2.28. The first-order valence-corrected chi connectivity index (χ1v) is 13.7. The Morgan fingerprint density at radius 2 is 1.69 bits per heavy atom. The molecule has 6 heteroatoms. The largest absolute Gasteiger partial charge is 0.355 e. The van der Waals surface area contributed by atoms with Gasteiger partial charge in [-0.05, 0) is 36.1 Å². The van der Waals surface area contributed by atoms with Gasteiger partial charge < -0.3 is 14.8 Å². The number of nitrogens with zero attached hydrogens (tertiary/aromatic N) is 4. The summed E-state index contributed by atoms with van der Waals surface area (Å²) in [5.74, 6) is 0.445. The van der Waals surface area contributed by atoms with Crippen LogP contribution in [0.2, 0.25) is 0 Å². The summed E-state index contributed by atoms with van der Waals surface area (Å²) in [6, 6.07) is 29.0. The molecule has 1 unspecified atom stereocenters. The molecule has 0 spiro atoms. The van der Waals surface area contributed by atoms with Crippen molar-refractivity contribution in [3.63, 3.8) is 0 Å². The predicted molar refractivity (Wildman–Crippen MR) is 155 cm³/mol. The maximum atomic E-state index is 13.1. The van der Waals surface area contributed by atoms with Crippen LogP contribution in [0.15, 0.2) is 97.5 Å². The van der Waals surface area contributed by atoms with Gasteiger partial charge in [0, 0.05) is 50.4 Å². The van der Waals surface area contributed by atoms with Crippen LogP contribution in [0.1, 0.15) is 41.1 Å². The van der Waals surface area contributed by atoms with Crippen LogP contribution in [0, 0.1) is 12.5 Å². The van der Waals surface area contributed by atoms with E-state index in [-0.39, 0.29) is 17.7 Å². The quantitative estimate of drug-likeness (QED) is 0.275. The van der Waals surface area contributed by atoms with E-state index in [1.807, 2.05) is 36.8 Å². The minimum atomic E-state index is 0.0109. The molecule has 6 nitrogen and oxygen atoms in total. The van der Waals surface area contributed by atoms with E-state index in [0.29, 0.717) is 18.8 Å². The Hall–Kier alpha value is -4.21. The fraction of sp³-hybridized carbons (Fsp3) is 0.303. The van der Waals surface area contributed by atoms with Crippen LogP contribution >= 0.6 is 0 Å². The van der Waals surface area contributed by atoms with E-state index in [0.717, 1.165) is 50.2 Å². The third-order valence-corrected chi connectivity index (χ3v) is 7.62. The number of imidazole rings is 1. The Kier molecular flexibility index (Phi) is 8.82. The maximum Gasteiger partial charge on any atom is 0.224 e. The molecule has 198 valence electrons. The molecule has 3 aromatic carbocycles. The molecule has 0 radical (unpaired) electrons. The van der Waals surface area contributed by atoms with E-state index in [9.17, 15) is 4.79 Å². The summed E-state index contributed by atoms with van der Waals surface area (Å²) in [6.07, 6.45) is 6.40. The number of amides is 1. The minimum Gasteiger partial charge on any atom is -0.355 e. The Morgan fingerprint density at radius 3 is 2.36 bits per heavy atom. The van der Waals surface area contributed by atoms with Gasteiger partial charge in [-0.1, -0.05) is 84.9 Å². The van der Waals surface area contributed by atoms with Gasteiger partial charge in [-0.25, -0.2) is 9.83 Å². The number of carbonyl (C=O) groups excluding carboxylic acids is 1. The highest BCUT2D eigenvalue weighted by Gasteiger charge is 2.28. The fourth-order valence-corrected chi connectivity index (χ4v) is 5.50. The van der Waals surface area contributed by atoms with Crippen LogP contribution in [-0.2, 0) is 17.8 Å². The van der Waals surface area contributed by atoms with Crippen molar-refractivity contribution in [1.82, 2.24) is 19.8 Å². The highest BCUT2D eigenvalue weighted by molar-refractivity contribution is 5.79. The van der Waals surface area contributed by atoms with Crippen molar-refractivity contribution in [2.24, 2.45) is 5.92 Å². The zero-order chi connectivity index (χ0) is 26.9. The van der Waals surface area contributed by atoms with Crippen molar-refractivity contribution >= 4 is 11.6 Å². The summed E-state index contributed by atoms with van der Waals surface area (Å²) in [5, 5.41) is 3.19. The molecule has 1 saturated heterocycles. The van der Waals surface area contributed by atoms with Gasteiger partial charge >= 0.3 is 0 Å². The van der Waals surface area contributed by atoms with Crippen LogP contribution in [0.3, 0.4) is 0 Å². The van der Waals surface area contributed by atoms with Crippen molar-refractivity contribution in [3.05, 3.63) is 131 Å². The molecule has 4 aromatic rings.